The lowest BCUT2D eigenvalue weighted by Crippen LogP contribution is -2.02. The van der Waals surface area contributed by atoms with Crippen molar-refractivity contribution in [1.82, 2.24) is 0 Å². The number of thiophene rings is 1. The van der Waals surface area contributed by atoms with Gasteiger partial charge in [-0.2, -0.15) is 0 Å². The van der Waals surface area contributed by atoms with Crippen LogP contribution in [0.5, 0.6) is 0 Å². The maximum absolute atomic E-state index is 6.02. The van der Waals surface area contributed by atoms with E-state index in [-0.39, 0.29) is 12.4 Å². The van der Waals surface area contributed by atoms with E-state index in [9.17, 15) is 0 Å². The Morgan fingerprint density at radius 3 is 2.86 bits per heavy atom. The summed E-state index contributed by atoms with van der Waals surface area (Å²) in [6.45, 7) is 0.688. The van der Waals surface area contributed by atoms with Crippen LogP contribution in [0.2, 0.25) is 5.02 Å². The molecule has 0 aliphatic heterocycles. The van der Waals surface area contributed by atoms with E-state index in [1.54, 1.807) is 11.3 Å². The minimum Gasteiger partial charge on any atom is -0.330 e. The molecule has 1 nitrogen and oxygen atoms in total. The zero-order valence-electron chi connectivity index (χ0n) is 7.50. The SMILES string of the molecule is Cl.NCCc1ccc2scc(Cl)c2c1. The molecule has 4 heteroatoms. The molecule has 2 rings (SSSR count). The lowest BCUT2D eigenvalue weighted by atomic mass is 10.1. The van der Waals surface area contributed by atoms with Crippen LogP contribution in [0, 0.1) is 0 Å². The molecule has 0 fully saturated rings. The predicted molar refractivity (Wildman–Crippen MR) is 66.8 cm³/mol. The Bertz CT molecular complexity index is 425. The van der Waals surface area contributed by atoms with Gasteiger partial charge in [0.2, 0.25) is 0 Å². The van der Waals surface area contributed by atoms with Gasteiger partial charge in [0.25, 0.3) is 0 Å². The minimum atomic E-state index is 0. The van der Waals surface area contributed by atoms with Crippen molar-refractivity contribution in [2.45, 2.75) is 6.42 Å². The molecular formula is C10H11Cl2NS. The molecule has 0 saturated carbocycles. The lowest BCUT2D eigenvalue weighted by molar-refractivity contribution is 0.971. The first-order valence-electron chi connectivity index (χ1n) is 4.17. The van der Waals surface area contributed by atoms with Crippen LogP contribution in [-0.4, -0.2) is 6.54 Å². The highest BCUT2D eigenvalue weighted by molar-refractivity contribution is 7.17. The van der Waals surface area contributed by atoms with Crippen LogP contribution in [-0.2, 0) is 6.42 Å². The number of nitrogens with two attached hydrogens (primary N) is 1. The van der Waals surface area contributed by atoms with E-state index < -0.39 is 0 Å². The number of benzene rings is 1. The summed E-state index contributed by atoms with van der Waals surface area (Å²) in [5, 5.41) is 3.97. The van der Waals surface area contributed by atoms with Gasteiger partial charge in [0.15, 0.2) is 0 Å². The summed E-state index contributed by atoms with van der Waals surface area (Å²) < 4.78 is 1.24. The Morgan fingerprint density at radius 1 is 1.36 bits per heavy atom. The average Bonchev–Trinajstić information content (AvgIpc) is 2.49. The van der Waals surface area contributed by atoms with Gasteiger partial charge in [0.1, 0.15) is 0 Å². The topological polar surface area (TPSA) is 26.0 Å². The van der Waals surface area contributed by atoms with Crippen molar-refractivity contribution >= 4 is 45.4 Å². The summed E-state index contributed by atoms with van der Waals surface area (Å²) >= 11 is 7.70. The zero-order valence-corrected chi connectivity index (χ0v) is 9.88. The highest BCUT2D eigenvalue weighted by atomic mass is 35.5. The van der Waals surface area contributed by atoms with E-state index in [2.05, 4.69) is 18.2 Å². The maximum atomic E-state index is 6.02. The van der Waals surface area contributed by atoms with Crippen molar-refractivity contribution in [3.63, 3.8) is 0 Å². The quantitative estimate of drug-likeness (QED) is 0.865. The number of hydrogen-bond donors (Lipinski definition) is 1. The number of fused-ring (bicyclic) bond motifs is 1. The van der Waals surface area contributed by atoms with Gasteiger partial charge in [-0.15, -0.1) is 23.7 Å². The molecule has 76 valence electrons. The summed E-state index contributed by atoms with van der Waals surface area (Å²) in [6.07, 6.45) is 0.919. The van der Waals surface area contributed by atoms with Gasteiger partial charge in [-0.1, -0.05) is 17.7 Å². The van der Waals surface area contributed by atoms with Crippen molar-refractivity contribution in [2.24, 2.45) is 5.73 Å². The Balaban J connectivity index is 0.000000980. The van der Waals surface area contributed by atoms with Crippen molar-refractivity contribution in [3.8, 4) is 0 Å². The summed E-state index contributed by atoms with van der Waals surface area (Å²) in [6, 6.07) is 6.35. The normalized spacial score (nSPS) is 10.1. The molecule has 1 heterocycles. The van der Waals surface area contributed by atoms with Crippen molar-refractivity contribution in [3.05, 3.63) is 34.2 Å². The first kappa shape index (κ1) is 11.8. The smallest absolute Gasteiger partial charge is 0.0591 e. The third-order valence-electron chi connectivity index (χ3n) is 2.02. The summed E-state index contributed by atoms with van der Waals surface area (Å²) in [4.78, 5) is 0. The molecule has 0 amide bonds. The third kappa shape index (κ3) is 2.20. The first-order chi connectivity index (χ1) is 6.31. The second kappa shape index (κ2) is 4.99. The van der Waals surface area contributed by atoms with E-state index in [1.165, 1.54) is 10.3 Å². The van der Waals surface area contributed by atoms with Gasteiger partial charge in [-0.25, -0.2) is 0 Å². The number of rotatable bonds is 2. The molecule has 0 atom stereocenters. The highest BCUT2D eigenvalue weighted by Crippen LogP contribution is 2.30. The van der Waals surface area contributed by atoms with Crippen molar-refractivity contribution in [1.29, 1.82) is 0 Å². The fraction of sp³-hybridized carbons (Fsp3) is 0.200. The molecule has 0 saturated heterocycles. The molecule has 2 aromatic rings. The van der Waals surface area contributed by atoms with Gasteiger partial charge in [0, 0.05) is 15.5 Å². The molecular weight excluding hydrogens is 237 g/mol. The van der Waals surface area contributed by atoms with Gasteiger partial charge >= 0.3 is 0 Å². The maximum Gasteiger partial charge on any atom is 0.0591 e. The van der Waals surface area contributed by atoms with E-state index in [0.29, 0.717) is 6.54 Å². The largest absolute Gasteiger partial charge is 0.330 e. The molecule has 14 heavy (non-hydrogen) atoms. The van der Waals surface area contributed by atoms with Crippen LogP contribution in [0.1, 0.15) is 5.56 Å². The lowest BCUT2D eigenvalue weighted by Gasteiger charge is -1.98. The second-order valence-corrected chi connectivity index (χ2v) is 4.27. The van der Waals surface area contributed by atoms with Crippen molar-refractivity contribution in [2.75, 3.05) is 6.54 Å². The van der Waals surface area contributed by atoms with Gasteiger partial charge in [-0.3, -0.25) is 0 Å². The minimum absolute atomic E-state index is 0. The standard InChI is InChI=1S/C10H10ClNS.ClH/c11-9-6-13-10-2-1-7(3-4-12)5-8(9)10;/h1-2,5-6H,3-4,12H2;1H. The Hall–Kier alpha value is -0.280. The summed E-state index contributed by atoms with van der Waals surface area (Å²) in [5.74, 6) is 0. The molecule has 0 radical (unpaired) electrons. The molecule has 0 aliphatic carbocycles. The second-order valence-electron chi connectivity index (χ2n) is 2.95. The first-order valence-corrected chi connectivity index (χ1v) is 5.42. The van der Waals surface area contributed by atoms with Crippen LogP contribution in [0.4, 0.5) is 0 Å². The van der Waals surface area contributed by atoms with Crippen LogP contribution in [0.3, 0.4) is 0 Å². The fourth-order valence-corrected chi connectivity index (χ4v) is 2.51. The predicted octanol–water partition coefficient (Wildman–Crippen LogP) is 3.48. The monoisotopic (exact) mass is 247 g/mol. The van der Waals surface area contributed by atoms with E-state index >= 15 is 0 Å². The molecule has 0 spiro atoms. The van der Waals surface area contributed by atoms with Gasteiger partial charge < -0.3 is 5.73 Å². The molecule has 1 aromatic heterocycles. The zero-order chi connectivity index (χ0) is 9.26. The molecule has 0 unspecified atom stereocenters. The van der Waals surface area contributed by atoms with Crippen LogP contribution < -0.4 is 5.73 Å². The molecule has 2 N–H and O–H groups in total. The van der Waals surface area contributed by atoms with E-state index in [4.69, 9.17) is 17.3 Å². The number of halogens is 2. The van der Waals surface area contributed by atoms with Crippen LogP contribution in [0.15, 0.2) is 23.6 Å². The third-order valence-corrected chi connectivity index (χ3v) is 3.43. The summed E-state index contributed by atoms with van der Waals surface area (Å²) in [7, 11) is 0. The Labute approximate surface area is 98.3 Å². The molecule has 0 aliphatic rings. The Morgan fingerprint density at radius 2 is 2.14 bits per heavy atom. The molecule has 0 bridgehead atoms. The van der Waals surface area contributed by atoms with Gasteiger partial charge in [0.05, 0.1) is 5.02 Å². The van der Waals surface area contributed by atoms with E-state index in [0.717, 1.165) is 16.8 Å². The van der Waals surface area contributed by atoms with Crippen LogP contribution in [0.25, 0.3) is 10.1 Å². The summed E-state index contributed by atoms with van der Waals surface area (Å²) in [5.41, 5.74) is 6.75. The van der Waals surface area contributed by atoms with E-state index in [1.807, 2.05) is 5.38 Å². The van der Waals surface area contributed by atoms with Gasteiger partial charge in [-0.05, 0) is 30.7 Å². The number of hydrogen-bond acceptors (Lipinski definition) is 2. The fourth-order valence-electron chi connectivity index (χ4n) is 1.37. The highest BCUT2D eigenvalue weighted by Gasteiger charge is 2.01. The van der Waals surface area contributed by atoms with Crippen molar-refractivity contribution < 1.29 is 0 Å². The van der Waals surface area contributed by atoms with Crippen LogP contribution >= 0.6 is 35.3 Å². The average molecular weight is 248 g/mol. The molecule has 1 aromatic carbocycles. The Kier molecular flexibility index (Phi) is 4.20.